The van der Waals surface area contributed by atoms with Gasteiger partial charge in [-0.2, -0.15) is 0 Å². The highest BCUT2D eigenvalue weighted by Gasteiger charge is 2.45. The minimum Gasteiger partial charge on any atom is -0.394 e. The monoisotopic (exact) mass is 585 g/mol. The SMILES string of the molecule is CCCCCCCCCCCCC(CCCCCCCCCCCC)CO[C@@H]1O[C@H](CO)[C@H](O)[C@@H](O)[C@H]1NC(C)=O. The summed E-state index contributed by atoms with van der Waals surface area (Å²) in [5.74, 6) is 0.0596. The van der Waals surface area contributed by atoms with Crippen molar-refractivity contribution in [1.29, 1.82) is 0 Å². The van der Waals surface area contributed by atoms with E-state index in [1.807, 2.05) is 0 Å². The van der Waals surface area contributed by atoms with Gasteiger partial charge in [0.05, 0.1) is 13.2 Å². The summed E-state index contributed by atoms with van der Waals surface area (Å²) in [5.41, 5.74) is 0. The van der Waals surface area contributed by atoms with Crippen molar-refractivity contribution in [1.82, 2.24) is 5.32 Å². The molecule has 41 heavy (non-hydrogen) atoms. The number of nitrogens with one attached hydrogen (secondary N) is 1. The summed E-state index contributed by atoms with van der Waals surface area (Å²) < 4.78 is 12.0. The Morgan fingerprint density at radius 1 is 0.707 bits per heavy atom. The fraction of sp³-hybridized carbons (Fsp3) is 0.971. The number of carbonyl (C=O) groups excluding carboxylic acids is 1. The molecule has 0 bridgehead atoms. The Bertz CT molecular complexity index is 582. The maximum Gasteiger partial charge on any atom is 0.217 e. The van der Waals surface area contributed by atoms with Gasteiger partial charge in [0.1, 0.15) is 24.4 Å². The van der Waals surface area contributed by atoms with Crippen molar-refractivity contribution < 1.29 is 29.6 Å². The zero-order chi connectivity index (χ0) is 30.1. The van der Waals surface area contributed by atoms with E-state index in [0.29, 0.717) is 12.5 Å². The number of ether oxygens (including phenoxy) is 2. The topological polar surface area (TPSA) is 108 Å². The van der Waals surface area contributed by atoms with Crippen molar-refractivity contribution in [3.8, 4) is 0 Å². The lowest BCUT2D eigenvalue weighted by atomic mass is 9.94. The summed E-state index contributed by atoms with van der Waals surface area (Å²) in [5, 5.41) is 33.2. The molecule has 1 heterocycles. The van der Waals surface area contributed by atoms with Gasteiger partial charge in [-0.15, -0.1) is 0 Å². The largest absolute Gasteiger partial charge is 0.394 e. The molecular weight excluding hydrogens is 518 g/mol. The van der Waals surface area contributed by atoms with Gasteiger partial charge in [-0.25, -0.2) is 0 Å². The Kier molecular flexibility index (Phi) is 24.0. The maximum atomic E-state index is 11.8. The molecule has 0 aromatic carbocycles. The molecule has 1 amide bonds. The van der Waals surface area contributed by atoms with Crippen molar-refractivity contribution >= 4 is 5.91 Å². The third-order valence-electron chi connectivity index (χ3n) is 8.68. The minimum atomic E-state index is -1.29. The molecule has 5 atom stereocenters. The molecule has 0 aromatic heterocycles. The second-order valence-corrected chi connectivity index (χ2v) is 12.6. The summed E-state index contributed by atoms with van der Waals surface area (Å²) in [6.45, 7) is 5.95. The first-order chi connectivity index (χ1) is 19.9. The molecule has 1 aliphatic heterocycles. The van der Waals surface area contributed by atoms with Gasteiger partial charge >= 0.3 is 0 Å². The minimum absolute atomic E-state index is 0.326. The van der Waals surface area contributed by atoms with Crippen LogP contribution in [0.5, 0.6) is 0 Å². The molecule has 0 radical (unpaired) electrons. The van der Waals surface area contributed by atoms with Gasteiger partial charge in [-0.05, 0) is 18.8 Å². The van der Waals surface area contributed by atoms with Crippen LogP contribution in [0.4, 0.5) is 0 Å². The summed E-state index contributed by atoms with van der Waals surface area (Å²) in [6.07, 6.45) is 24.1. The lowest BCUT2D eigenvalue weighted by Gasteiger charge is -2.42. The Morgan fingerprint density at radius 2 is 1.12 bits per heavy atom. The first kappa shape index (κ1) is 38.3. The summed E-state index contributed by atoms with van der Waals surface area (Å²) >= 11 is 0. The molecule has 0 unspecified atom stereocenters. The van der Waals surface area contributed by atoms with Gasteiger partial charge in [0, 0.05) is 6.92 Å². The van der Waals surface area contributed by atoms with Crippen LogP contribution in [0.1, 0.15) is 162 Å². The van der Waals surface area contributed by atoms with Crippen molar-refractivity contribution in [2.24, 2.45) is 5.92 Å². The van der Waals surface area contributed by atoms with Gasteiger partial charge in [0.2, 0.25) is 5.91 Å². The van der Waals surface area contributed by atoms with Gasteiger partial charge < -0.3 is 30.1 Å². The van der Waals surface area contributed by atoms with Crippen LogP contribution in [0.15, 0.2) is 0 Å². The molecule has 0 saturated carbocycles. The van der Waals surface area contributed by atoms with Crippen LogP contribution in [0.25, 0.3) is 0 Å². The van der Waals surface area contributed by atoms with E-state index < -0.39 is 37.3 Å². The Balaban J connectivity index is 2.49. The lowest BCUT2D eigenvalue weighted by molar-refractivity contribution is -0.272. The smallest absolute Gasteiger partial charge is 0.217 e. The van der Waals surface area contributed by atoms with Crippen LogP contribution in [0.3, 0.4) is 0 Å². The van der Waals surface area contributed by atoms with Gasteiger partial charge in [-0.3, -0.25) is 4.79 Å². The second-order valence-electron chi connectivity index (χ2n) is 12.6. The highest BCUT2D eigenvalue weighted by molar-refractivity contribution is 5.73. The van der Waals surface area contributed by atoms with E-state index in [4.69, 9.17) is 9.47 Å². The second kappa shape index (κ2) is 25.7. The van der Waals surface area contributed by atoms with E-state index in [-0.39, 0.29) is 5.91 Å². The van der Waals surface area contributed by atoms with E-state index in [2.05, 4.69) is 19.2 Å². The third kappa shape index (κ3) is 18.5. The molecule has 1 aliphatic rings. The molecule has 7 heteroatoms. The van der Waals surface area contributed by atoms with Crippen molar-refractivity contribution in [3.63, 3.8) is 0 Å². The fourth-order valence-corrected chi connectivity index (χ4v) is 6.00. The first-order valence-electron chi connectivity index (χ1n) is 17.5. The lowest BCUT2D eigenvalue weighted by Crippen LogP contribution is -2.64. The quantitative estimate of drug-likeness (QED) is 0.0760. The predicted octanol–water partition coefficient (Wildman–Crippen LogP) is 7.18. The first-order valence-corrected chi connectivity index (χ1v) is 17.5. The normalized spacial score (nSPS) is 22.9. The van der Waals surface area contributed by atoms with Gasteiger partial charge in [-0.1, -0.05) is 142 Å². The zero-order valence-corrected chi connectivity index (χ0v) is 27.0. The Hall–Kier alpha value is -0.730. The number of aliphatic hydroxyl groups is 3. The zero-order valence-electron chi connectivity index (χ0n) is 27.0. The number of hydrogen-bond donors (Lipinski definition) is 4. The van der Waals surface area contributed by atoms with Gasteiger partial charge in [0.15, 0.2) is 6.29 Å². The number of carbonyl (C=O) groups is 1. The molecular formula is C34H67NO6. The van der Waals surface area contributed by atoms with Crippen LogP contribution >= 0.6 is 0 Å². The summed E-state index contributed by atoms with van der Waals surface area (Å²) in [4.78, 5) is 11.8. The van der Waals surface area contributed by atoms with Crippen molar-refractivity contribution in [3.05, 3.63) is 0 Å². The molecule has 1 rings (SSSR count). The Labute approximate surface area is 252 Å². The van der Waals surface area contributed by atoms with Crippen LogP contribution in [-0.2, 0) is 14.3 Å². The molecule has 0 spiro atoms. The number of aliphatic hydroxyl groups excluding tert-OH is 3. The highest BCUT2D eigenvalue weighted by atomic mass is 16.7. The maximum absolute atomic E-state index is 11.8. The summed E-state index contributed by atoms with van der Waals surface area (Å²) in [7, 11) is 0. The number of hydrogen-bond acceptors (Lipinski definition) is 6. The average molecular weight is 586 g/mol. The van der Waals surface area contributed by atoms with Crippen LogP contribution < -0.4 is 5.32 Å². The van der Waals surface area contributed by atoms with Crippen LogP contribution in [-0.4, -0.2) is 65.1 Å². The van der Waals surface area contributed by atoms with E-state index in [1.54, 1.807) is 0 Å². The van der Waals surface area contributed by atoms with Gasteiger partial charge in [0.25, 0.3) is 0 Å². The number of unbranched alkanes of at least 4 members (excludes halogenated alkanes) is 18. The van der Waals surface area contributed by atoms with Crippen LogP contribution in [0, 0.1) is 5.92 Å². The van der Waals surface area contributed by atoms with Crippen molar-refractivity contribution in [2.75, 3.05) is 13.2 Å². The highest BCUT2D eigenvalue weighted by Crippen LogP contribution is 2.25. The van der Waals surface area contributed by atoms with Crippen LogP contribution in [0.2, 0.25) is 0 Å². The van der Waals surface area contributed by atoms with Crippen molar-refractivity contribution in [2.45, 2.75) is 193 Å². The molecule has 244 valence electrons. The van der Waals surface area contributed by atoms with E-state index >= 15 is 0 Å². The summed E-state index contributed by atoms with van der Waals surface area (Å²) in [6, 6.07) is -0.874. The molecule has 7 nitrogen and oxygen atoms in total. The molecule has 1 saturated heterocycles. The molecule has 0 aromatic rings. The third-order valence-corrected chi connectivity index (χ3v) is 8.68. The standard InChI is InChI=1S/C34H67NO6/c1-4-6-8-10-12-14-16-18-20-22-24-29(25-23-21-19-17-15-13-11-9-7-5-2)27-40-34-31(35-28(3)37)33(39)32(38)30(26-36)41-34/h29-34,36,38-39H,4-27H2,1-3H3,(H,35,37)/t30-,31-,32+,33+,34-/m1/s1. The number of amides is 1. The average Bonchev–Trinajstić information content (AvgIpc) is 2.96. The van der Waals surface area contributed by atoms with E-state index in [9.17, 15) is 20.1 Å². The Morgan fingerprint density at radius 3 is 1.51 bits per heavy atom. The molecule has 0 aliphatic carbocycles. The number of rotatable bonds is 27. The van der Waals surface area contributed by atoms with E-state index in [1.165, 1.54) is 135 Å². The van der Waals surface area contributed by atoms with E-state index in [0.717, 1.165) is 12.8 Å². The fourth-order valence-electron chi connectivity index (χ4n) is 6.00. The molecule has 4 N–H and O–H groups in total. The molecule has 1 fully saturated rings. The predicted molar refractivity (Wildman–Crippen MR) is 168 cm³/mol.